The lowest BCUT2D eigenvalue weighted by molar-refractivity contribution is -0.137. The summed E-state index contributed by atoms with van der Waals surface area (Å²) in [5.41, 5.74) is -0.105. The second kappa shape index (κ2) is 7.43. The van der Waals surface area contributed by atoms with Gasteiger partial charge in [0.15, 0.2) is 0 Å². The minimum atomic E-state index is -4.43. The SMILES string of the molecule is CS(=O)(=O)N1CCN(C(=O)Nc2nc(-c3ccc(C(F)(F)F)cc3)co2)CC1. The molecule has 152 valence electrons. The van der Waals surface area contributed by atoms with Crippen molar-refractivity contribution in [3.05, 3.63) is 36.1 Å². The third-order valence-electron chi connectivity index (χ3n) is 4.22. The van der Waals surface area contributed by atoms with Crippen LogP contribution >= 0.6 is 0 Å². The largest absolute Gasteiger partial charge is 0.431 e. The Morgan fingerprint density at radius 1 is 1.14 bits per heavy atom. The molecule has 1 aliphatic heterocycles. The summed E-state index contributed by atoms with van der Waals surface area (Å²) >= 11 is 0. The predicted molar refractivity (Wildman–Crippen MR) is 93.9 cm³/mol. The van der Waals surface area contributed by atoms with Crippen LogP contribution in [0.4, 0.5) is 24.0 Å². The van der Waals surface area contributed by atoms with Crippen molar-refractivity contribution < 1.29 is 30.8 Å². The highest BCUT2D eigenvalue weighted by molar-refractivity contribution is 7.88. The van der Waals surface area contributed by atoms with Crippen LogP contribution in [0.5, 0.6) is 0 Å². The molecule has 0 radical (unpaired) electrons. The van der Waals surface area contributed by atoms with Gasteiger partial charge in [0.25, 0.3) is 0 Å². The summed E-state index contributed by atoms with van der Waals surface area (Å²) in [4.78, 5) is 17.7. The fourth-order valence-electron chi connectivity index (χ4n) is 2.69. The van der Waals surface area contributed by atoms with E-state index >= 15 is 0 Å². The summed E-state index contributed by atoms with van der Waals surface area (Å²) in [6.45, 7) is 0.806. The molecule has 1 aromatic heterocycles. The molecule has 0 saturated carbocycles. The van der Waals surface area contributed by atoms with E-state index in [1.54, 1.807) is 0 Å². The molecule has 28 heavy (non-hydrogen) atoms. The quantitative estimate of drug-likeness (QED) is 0.826. The number of benzene rings is 1. The molecule has 2 amide bonds. The molecule has 0 spiro atoms. The molecule has 2 aromatic rings. The molecule has 1 N–H and O–H groups in total. The molecule has 0 bridgehead atoms. The van der Waals surface area contributed by atoms with Gasteiger partial charge in [0.2, 0.25) is 10.0 Å². The predicted octanol–water partition coefficient (Wildman–Crippen LogP) is 2.47. The van der Waals surface area contributed by atoms with Crippen LogP contribution in [0.1, 0.15) is 5.56 Å². The highest BCUT2D eigenvalue weighted by Gasteiger charge is 2.30. The zero-order valence-corrected chi connectivity index (χ0v) is 15.5. The molecule has 1 saturated heterocycles. The van der Waals surface area contributed by atoms with Gasteiger partial charge in [-0.3, -0.25) is 5.32 Å². The van der Waals surface area contributed by atoms with Gasteiger partial charge in [-0.1, -0.05) is 12.1 Å². The van der Waals surface area contributed by atoms with E-state index in [4.69, 9.17) is 4.42 Å². The van der Waals surface area contributed by atoms with E-state index < -0.39 is 27.8 Å². The maximum atomic E-state index is 12.6. The van der Waals surface area contributed by atoms with Gasteiger partial charge in [0.05, 0.1) is 11.8 Å². The molecule has 0 unspecified atom stereocenters. The lowest BCUT2D eigenvalue weighted by atomic mass is 10.1. The number of carbonyl (C=O) groups is 1. The summed E-state index contributed by atoms with van der Waals surface area (Å²) in [5.74, 6) is 0. The molecular formula is C16H17F3N4O4S. The number of carbonyl (C=O) groups excluding carboxylic acids is 1. The fraction of sp³-hybridized carbons (Fsp3) is 0.375. The Morgan fingerprint density at radius 3 is 2.29 bits per heavy atom. The standard InChI is InChI=1S/C16H17F3N4O4S/c1-28(25,26)23-8-6-22(7-9-23)15(24)21-14-20-13(10-27-14)11-2-4-12(5-3-11)16(17,18)19/h2-5,10H,6-9H2,1H3,(H,20,21,24). The number of urea groups is 1. The first-order valence-corrected chi connectivity index (χ1v) is 10.0. The van der Waals surface area contributed by atoms with E-state index in [1.165, 1.54) is 27.6 Å². The second-order valence-electron chi connectivity index (χ2n) is 6.19. The van der Waals surface area contributed by atoms with Crippen molar-refractivity contribution in [1.82, 2.24) is 14.2 Å². The molecule has 3 rings (SSSR count). The van der Waals surface area contributed by atoms with Crippen LogP contribution < -0.4 is 5.32 Å². The number of nitrogens with one attached hydrogen (secondary N) is 1. The van der Waals surface area contributed by atoms with Crippen LogP contribution in [-0.2, 0) is 16.2 Å². The molecule has 1 aliphatic rings. The number of rotatable bonds is 3. The van der Waals surface area contributed by atoms with Crippen molar-refractivity contribution in [2.24, 2.45) is 0 Å². The van der Waals surface area contributed by atoms with Crippen molar-refractivity contribution in [2.75, 3.05) is 37.8 Å². The Morgan fingerprint density at radius 2 is 1.75 bits per heavy atom. The number of anilines is 1. The molecule has 8 nitrogen and oxygen atoms in total. The third-order valence-corrected chi connectivity index (χ3v) is 5.52. The topological polar surface area (TPSA) is 95.8 Å². The molecule has 0 atom stereocenters. The van der Waals surface area contributed by atoms with E-state index in [-0.39, 0.29) is 37.9 Å². The molecular weight excluding hydrogens is 401 g/mol. The average molecular weight is 418 g/mol. The van der Waals surface area contributed by atoms with Gasteiger partial charge in [-0.2, -0.15) is 22.5 Å². The third kappa shape index (κ3) is 4.62. The smallest absolute Gasteiger partial charge is 0.416 e. The minimum absolute atomic E-state index is 0.106. The number of piperazine rings is 1. The van der Waals surface area contributed by atoms with Gasteiger partial charge in [-0.05, 0) is 12.1 Å². The fourth-order valence-corrected chi connectivity index (χ4v) is 3.51. The second-order valence-corrected chi connectivity index (χ2v) is 8.17. The average Bonchev–Trinajstić information content (AvgIpc) is 3.09. The Balaban J connectivity index is 1.61. The highest BCUT2D eigenvalue weighted by atomic mass is 32.2. The Bertz CT molecular complexity index is 949. The van der Waals surface area contributed by atoms with E-state index in [2.05, 4.69) is 10.3 Å². The van der Waals surface area contributed by atoms with Crippen LogP contribution in [0.25, 0.3) is 11.3 Å². The Kier molecular flexibility index (Phi) is 5.35. The van der Waals surface area contributed by atoms with Gasteiger partial charge in [-0.15, -0.1) is 0 Å². The maximum absolute atomic E-state index is 12.6. The van der Waals surface area contributed by atoms with Crippen LogP contribution in [-0.4, -0.2) is 61.1 Å². The summed E-state index contributed by atoms with van der Waals surface area (Å²) in [6.07, 6.45) is -2.10. The summed E-state index contributed by atoms with van der Waals surface area (Å²) in [6, 6.07) is 3.78. The molecule has 0 aliphatic carbocycles. The normalized spacial score (nSPS) is 16.2. The van der Waals surface area contributed by atoms with Crippen molar-refractivity contribution in [3.63, 3.8) is 0 Å². The van der Waals surface area contributed by atoms with Crippen LogP contribution in [0, 0.1) is 0 Å². The van der Waals surface area contributed by atoms with Crippen LogP contribution in [0.2, 0.25) is 0 Å². The number of amides is 2. The number of oxazole rings is 1. The van der Waals surface area contributed by atoms with E-state index in [1.807, 2.05) is 0 Å². The summed E-state index contributed by atoms with van der Waals surface area (Å²) < 4.78 is 67.3. The monoisotopic (exact) mass is 418 g/mol. The number of hydrogen-bond donors (Lipinski definition) is 1. The van der Waals surface area contributed by atoms with Gasteiger partial charge in [0.1, 0.15) is 12.0 Å². The first kappa shape index (κ1) is 20.1. The van der Waals surface area contributed by atoms with Gasteiger partial charge in [-0.25, -0.2) is 13.2 Å². The summed E-state index contributed by atoms with van der Waals surface area (Å²) in [7, 11) is -3.30. The van der Waals surface area contributed by atoms with E-state index in [0.29, 0.717) is 5.56 Å². The van der Waals surface area contributed by atoms with Crippen molar-refractivity contribution in [1.29, 1.82) is 0 Å². The highest BCUT2D eigenvalue weighted by Crippen LogP contribution is 2.31. The van der Waals surface area contributed by atoms with Crippen molar-refractivity contribution in [2.45, 2.75) is 6.18 Å². The van der Waals surface area contributed by atoms with E-state index in [0.717, 1.165) is 18.4 Å². The van der Waals surface area contributed by atoms with E-state index in [9.17, 15) is 26.4 Å². The van der Waals surface area contributed by atoms with Gasteiger partial charge in [0, 0.05) is 31.7 Å². The molecule has 1 aromatic carbocycles. The lowest BCUT2D eigenvalue weighted by Gasteiger charge is -2.32. The zero-order valence-electron chi connectivity index (χ0n) is 14.7. The van der Waals surface area contributed by atoms with Crippen molar-refractivity contribution >= 4 is 22.1 Å². The van der Waals surface area contributed by atoms with Crippen LogP contribution in [0.3, 0.4) is 0 Å². The van der Waals surface area contributed by atoms with Crippen molar-refractivity contribution in [3.8, 4) is 11.3 Å². The molecule has 1 fully saturated rings. The number of hydrogen-bond acceptors (Lipinski definition) is 5. The Hall–Kier alpha value is -2.60. The number of nitrogens with zero attached hydrogens (tertiary/aromatic N) is 3. The first-order chi connectivity index (χ1) is 13.0. The minimum Gasteiger partial charge on any atom is -0.431 e. The Labute approximate surface area is 159 Å². The zero-order chi connectivity index (χ0) is 20.5. The number of aromatic nitrogens is 1. The number of alkyl halides is 3. The van der Waals surface area contributed by atoms with Gasteiger partial charge < -0.3 is 9.32 Å². The first-order valence-electron chi connectivity index (χ1n) is 8.18. The number of sulfonamides is 1. The maximum Gasteiger partial charge on any atom is 0.416 e. The molecule has 2 heterocycles. The lowest BCUT2D eigenvalue weighted by Crippen LogP contribution is -2.51. The van der Waals surface area contributed by atoms with Crippen LogP contribution in [0.15, 0.2) is 34.9 Å². The van der Waals surface area contributed by atoms with Gasteiger partial charge >= 0.3 is 18.2 Å². The number of halogens is 3. The molecule has 12 heteroatoms. The summed E-state index contributed by atoms with van der Waals surface area (Å²) in [5, 5.41) is 2.45.